The van der Waals surface area contributed by atoms with Gasteiger partial charge in [0.15, 0.2) is 5.78 Å². The summed E-state index contributed by atoms with van der Waals surface area (Å²) in [6, 6.07) is 1.64. The van der Waals surface area contributed by atoms with Crippen molar-refractivity contribution in [3.05, 3.63) is 50.3 Å². The lowest BCUT2D eigenvalue weighted by Crippen LogP contribution is -2.15. The molecule has 0 aromatic carbocycles. The number of hydrogen-bond donors (Lipinski definition) is 1. The number of carbonyl (C=O) groups is 1. The first-order valence-electron chi connectivity index (χ1n) is 7.09. The number of thiophene rings is 1. The lowest BCUT2D eigenvalue weighted by molar-refractivity contribution is 0.0989. The highest BCUT2D eigenvalue weighted by molar-refractivity contribution is 7.18. The Kier molecular flexibility index (Phi) is 3.70. The number of carbonyl (C=O) groups excluding carboxylic acids is 1. The zero-order valence-electron chi connectivity index (χ0n) is 12.6. The van der Waals surface area contributed by atoms with Crippen molar-refractivity contribution >= 4 is 27.3 Å². The van der Waals surface area contributed by atoms with E-state index in [1.54, 1.807) is 13.0 Å². The summed E-state index contributed by atoms with van der Waals surface area (Å²) >= 11 is 1.50. The molecule has 0 atom stereocenters. The standard InChI is InChI=1S/C16H16N2O3S/c1-4-10-9(3)22-16-14(10)15(20)17-13(18-16)7-12(19)11-5-6-21-8(11)2/h5-6H,4,7H2,1-3H3,(H,17,18,20). The maximum Gasteiger partial charge on any atom is 0.259 e. The number of Topliss-reactive ketones (excluding diaryl/α,β-unsaturated/α-hetero) is 1. The molecule has 0 aliphatic heterocycles. The number of nitrogens with one attached hydrogen (secondary N) is 1. The summed E-state index contributed by atoms with van der Waals surface area (Å²) in [7, 11) is 0. The molecular weight excluding hydrogens is 300 g/mol. The quantitative estimate of drug-likeness (QED) is 0.750. The summed E-state index contributed by atoms with van der Waals surface area (Å²) in [5.41, 5.74) is 1.40. The van der Waals surface area contributed by atoms with Crippen LogP contribution in [0.2, 0.25) is 0 Å². The van der Waals surface area contributed by atoms with Crippen molar-refractivity contribution in [2.45, 2.75) is 33.6 Å². The fourth-order valence-electron chi connectivity index (χ4n) is 2.65. The average Bonchev–Trinajstić information content (AvgIpc) is 3.01. The van der Waals surface area contributed by atoms with Gasteiger partial charge in [0.05, 0.1) is 23.6 Å². The molecule has 0 fully saturated rings. The van der Waals surface area contributed by atoms with E-state index in [9.17, 15) is 9.59 Å². The monoisotopic (exact) mass is 316 g/mol. The van der Waals surface area contributed by atoms with E-state index in [1.165, 1.54) is 17.6 Å². The number of fused-ring (bicyclic) bond motifs is 1. The van der Waals surface area contributed by atoms with Crippen LogP contribution in [0.5, 0.6) is 0 Å². The SMILES string of the molecule is CCc1c(C)sc2nc(CC(=O)c3ccoc3C)[nH]c(=O)c12. The largest absolute Gasteiger partial charge is 0.469 e. The van der Waals surface area contributed by atoms with Crippen LogP contribution in [0.4, 0.5) is 0 Å². The molecule has 22 heavy (non-hydrogen) atoms. The summed E-state index contributed by atoms with van der Waals surface area (Å²) in [5, 5.41) is 0.653. The summed E-state index contributed by atoms with van der Waals surface area (Å²) in [5.74, 6) is 0.860. The lowest BCUT2D eigenvalue weighted by atomic mass is 10.1. The number of aryl methyl sites for hydroxylation is 3. The zero-order chi connectivity index (χ0) is 15.9. The van der Waals surface area contributed by atoms with Gasteiger partial charge in [-0.05, 0) is 31.9 Å². The van der Waals surface area contributed by atoms with Gasteiger partial charge in [0.25, 0.3) is 5.56 Å². The predicted molar refractivity (Wildman–Crippen MR) is 85.8 cm³/mol. The summed E-state index contributed by atoms with van der Waals surface area (Å²) in [6.07, 6.45) is 2.34. The maximum atomic E-state index is 12.3. The molecule has 3 rings (SSSR count). The van der Waals surface area contributed by atoms with Crippen LogP contribution < -0.4 is 5.56 Å². The molecule has 0 saturated carbocycles. The van der Waals surface area contributed by atoms with Crippen molar-refractivity contribution in [1.29, 1.82) is 0 Å². The third-order valence-electron chi connectivity index (χ3n) is 3.75. The highest BCUT2D eigenvalue weighted by atomic mass is 32.1. The van der Waals surface area contributed by atoms with Crippen LogP contribution in [0.25, 0.3) is 10.2 Å². The molecule has 0 aliphatic rings. The Hall–Kier alpha value is -2.21. The van der Waals surface area contributed by atoms with E-state index in [1.807, 2.05) is 13.8 Å². The number of hydrogen-bond acceptors (Lipinski definition) is 5. The summed E-state index contributed by atoms with van der Waals surface area (Å²) in [4.78, 5) is 33.6. The number of rotatable bonds is 4. The van der Waals surface area contributed by atoms with Crippen LogP contribution in [0.15, 0.2) is 21.5 Å². The maximum absolute atomic E-state index is 12.3. The molecule has 0 bridgehead atoms. The van der Waals surface area contributed by atoms with E-state index >= 15 is 0 Å². The molecule has 0 amide bonds. The number of H-pyrrole nitrogens is 1. The number of furan rings is 1. The van der Waals surface area contributed by atoms with Crippen molar-refractivity contribution in [3.8, 4) is 0 Å². The van der Waals surface area contributed by atoms with Crippen LogP contribution in [-0.4, -0.2) is 15.8 Å². The minimum Gasteiger partial charge on any atom is -0.469 e. The Morgan fingerprint density at radius 1 is 1.41 bits per heavy atom. The highest BCUT2D eigenvalue weighted by Crippen LogP contribution is 2.27. The third kappa shape index (κ3) is 2.39. The van der Waals surface area contributed by atoms with Crippen LogP contribution in [0, 0.1) is 13.8 Å². The fraction of sp³-hybridized carbons (Fsp3) is 0.312. The van der Waals surface area contributed by atoms with Crippen LogP contribution >= 0.6 is 11.3 Å². The van der Waals surface area contributed by atoms with E-state index in [0.717, 1.165) is 16.9 Å². The number of nitrogens with zero attached hydrogens (tertiary/aromatic N) is 1. The minimum absolute atomic E-state index is 0.0595. The smallest absolute Gasteiger partial charge is 0.259 e. The van der Waals surface area contributed by atoms with E-state index in [2.05, 4.69) is 9.97 Å². The normalized spacial score (nSPS) is 11.2. The average molecular weight is 316 g/mol. The Labute approximate surface area is 131 Å². The Bertz CT molecular complexity index is 917. The van der Waals surface area contributed by atoms with Crippen LogP contribution in [0.3, 0.4) is 0 Å². The van der Waals surface area contributed by atoms with Crippen molar-refractivity contribution in [2.24, 2.45) is 0 Å². The molecule has 0 aliphatic carbocycles. The van der Waals surface area contributed by atoms with Gasteiger partial charge >= 0.3 is 0 Å². The van der Waals surface area contributed by atoms with Crippen molar-refractivity contribution in [1.82, 2.24) is 9.97 Å². The van der Waals surface area contributed by atoms with Gasteiger partial charge in [0.2, 0.25) is 0 Å². The Morgan fingerprint density at radius 2 is 2.18 bits per heavy atom. The van der Waals surface area contributed by atoms with Crippen LogP contribution in [-0.2, 0) is 12.8 Å². The van der Waals surface area contributed by atoms with Gasteiger partial charge in [-0.1, -0.05) is 6.92 Å². The van der Waals surface area contributed by atoms with E-state index in [0.29, 0.717) is 27.4 Å². The molecule has 3 aromatic heterocycles. The lowest BCUT2D eigenvalue weighted by Gasteiger charge is -2.01. The van der Waals surface area contributed by atoms with Gasteiger partial charge in [-0.2, -0.15) is 0 Å². The second-order valence-corrected chi connectivity index (χ2v) is 6.38. The second kappa shape index (κ2) is 5.53. The highest BCUT2D eigenvalue weighted by Gasteiger charge is 2.17. The molecule has 6 heteroatoms. The first-order chi connectivity index (χ1) is 10.5. The van der Waals surface area contributed by atoms with Crippen molar-refractivity contribution in [2.75, 3.05) is 0 Å². The van der Waals surface area contributed by atoms with Crippen molar-refractivity contribution < 1.29 is 9.21 Å². The number of aromatic nitrogens is 2. The van der Waals surface area contributed by atoms with Gasteiger partial charge in [0.1, 0.15) is 16.4 Å². The molecule has 3 heterocycles. The molecular formula is C16H16N2O3S. The van der Waals surface area contributed by atoms with Crippen LogP contribution in [0.1, 0.15) is 39.3 Å². The molecule has 0 saturated heterocycles. The zero-order valence-corrected chi connectivity index (χ0v) is 13.5. The van der Waals surface area contributed by atoms with Gasteiger partial charge in [-0.25, -0.2) is 4.98 Å². The summed E-state index contributed by atoms with van der Waals surface area (Å²) in [6.45, 7) is 5.75. The predicted octanol–water partition coefficient (Wildman–Crippen LogP) is 3.18. The minimum atomic E-state index is -0.169. The molecule has 5 nitrogen and oxygen atoms in total. The first-order valence-corrected chi connectivity index (χ1v) is 7.91. The number of aromatic amines is 1. The molecule has 114 valence electrons. The molecule has 3 aromatic rings. The van der Waals surface area contributed by atoms with Crippen molar-refractivity contribution in [3.63, 3.8) is 0 Å². The second-order valence-electron chi connectivity index (χ2n) is 5.17. The summed E-state index contributed by atoms with van der Waals surface area (Å²) < 4.78 is 5.14. The molecule has 0 spiro atoms. The van der Waals surface area contributed by atoms with E-state index in [-0.39, 0.29) is 17.8 Å². The fourth-order valence-corrected chi connectivity index (χ4v) is 3.78. The number of ketones is 1. The van der Waals surface area contributed by atoms with Gasteiger partial charge in [0, 0.05) is 4.88 Å². The Balaban J connectivity index is 2.01. The van der Waals surface area contributed by atoms with Gasteiger partial charge < -0.3 is 9.40 Å². The molecule has 1 N–H and O–H groups in total. The first kappa shape index (κ1) is 14.7. The Morgan fingerprint density at radius 3 is 2.82 bits per heavy atom. The topological polar surface area (TPSA) is 76.0 Å². The molecule has 0 unspecified atom stereocenters. The van der Waals surface area contributed by atoms with Gasteiger partial charge in [-0.3, -0.25) is 9.59 Å². The van der Waals surface area contributed by atoms with E-state index < -0.39 is 0 Å². The molecule has 0 radical (unpaired) electrons. The van der Waals surface area contributed by atoms with E-state index in [4.69, 9.17) is 4.42 Å². The third-order valence-corrected chi connectivity index (χ3v) is 4.79. The van der Waals surface area contributed by atoms with Gasteiger partial charge in [-0.15, -0.1) is 11.3 Å².